The molecule has 0 radical (unpaired) electrons. The van der Waals surface area contributed by atoms with Crippen molar-refractivity contribution < 1.29 is 13.2 Å². The van der Waals surface area contributed by atoms with E-state index in [1.807, 2.05) is 6.92 Å². The largest absolute Gasteiger partial charge is 0.383 e. The molecule has 0 saturated heterocycles. The van der Waals surface area contributed by atoms with Crippen molar-refractivity contribution in [3.05, 3.63) is 0 Å². The van der Waals surface area contributed by atoms with Crippen LogP contribution in [0.25, 0.3) is 0 Å². The molecule has 0 amide bonds. The molecule has 0 aliphatic heterocycles. The third-order valence-electron chi connectivity index (χ3n) is 2.51. The summed E-state index contributed by atoms with van der Waals surface area (Å²) in [6.07, 6.45) is 2.18. The SMILES string of the molecule is COCC(C)NCCS(=O)(=O)CC1CC1. The molecule has 1 unspecified atom stereocenters. The molecule has 0 spiro atoms. The van der Waals surface area contributed by atoms with Crippen molar-refractivity contribution >= 4 is 9.84 Å². The zero-order chi connectivity index (χ0) is 11.3. The summed E-state index contributed by atoms with van der Waals surface area (Å²) in [5, 5.41) is 3.13. The fraction of sp³-hybridized carbons (Fsp3) is 1.00. The molecule has 1 fully saturated rings. The summed E-state index contributed by atoms with van der Waals surface area (Å²) in [6, 6.07) is 0.214. The number of rotatable bonds is 8. The molecule has 1 aliphatic carbocycles. The molecule has 1 rings (SSSR count). The minimum Gasteiger partial charge on any atom is -0.383 e. The van der Waals surface area contributed by atoms with Gasteiger partial charge in [-0.25, -0.2) is 8.42 Å². The number of methoxy groups -OCH3 is 1. The van der Waals surface area contributed by atoms with Gasteiger partial charge in [-0.15, -0.1) is 0 Å². The molecule has 0 aromatic carbocycles. The maximum absolute atomic E-state index is 11.5. The van der Waals surface area contributed by atoms with E-state index >= 15 is 0 Å². The molecule has 0 bridgehead atoms. The lowest BCUT2D eigenvalue weighted by molar-refractivity contribution is 0.173. The highest BCUT2D eigenvalue weighted by Crippen LogP contribution is 2.30. The highest BCUT2D eigenvalue weighted by atomic mass is 32.2. The van der Waals surface area contributed by atoms with Crippen LogP contribution in [0.1, 0.15) is 19.8 Å². The first kappa shape index (κ1) is 12.9. The summed E-state index contributed by atoms with van der Waals surface area (Å²) in [4.78, 5) is 0. The molecule has 15 heavy (non-hydrogen) atoms. The van der Waals surface area contributed by atoms with Gasteiger partial charge in [-0.2, -0.15) is 0 Å². The van der Waals surface area contributed by atoms with Gasteiger partial charge >= 0.3 is 0 Å². The standard InChI is InChI=1S/C10H21NO3S/c1-9(7-14-2)11-5-6-15(12,13)8-10-3-4-10/h9-11H,3-8H2,1-2H3. The van der Waals surface area contributed by atoms with Crippen LogP contribution in [0.4, 0.5) is 0 Å². The summed E-state index contributed by atoms with van der Waals surface area (Å²) >= 11 is 0. The number of hydrogen-bond donors (Lipinski definition) is 1. The maximum atomic E-state index is 11.5. The Hall–Kier alpha value is -0.130. The molecular weight excluding hydrogens is 214 g/mol. The average molecular weight is 235 g/mol. The van der Waals surface area contributed by atoms with E-state index in [4.69, 9.17) is 4.74 Å². The van der Waals surface area contributed by atoms with Gasteiger partial charge in [0.1, 0.15) is 0 Å². The van der Waals surface area contributed by atoms with Crippen LogP contribution in [-0.4, -0.2) is 46.2 Å². The van der Waals surface area contributed by atoms with Gasteiger partial charge in [-0.3, -0.25) is 0 Å². The van der Waals surface area contributed by atoms with Crippen molar-refractivity contribution in [1.82, 2.24) is 5.32 Å². The topological polar surface area (TPSA) is 55.4 Å². The zero-order valence-electron chi connectivity index (χ0n) is 9.53. The summed E-state index contributed by atoms with van der Waals surface area (Å²) in [5.41, 5.74) is 0. The first-order chi connectivity index (χ1) is 7.03. The van der Waals surface area contributed by atoms with E-state index < -0.39 is 9.84 Å². The van der Waals surface area contributed by atoms with E-state index in [9.17, 15) is 8.42 Å². The van der Waals surface area contributed by atoms with Gasteiger partial charge in [-0.1, -0.05) is 0 Å². The summed E-state index contributed by atoms with van der Waals surface area (Å²) in [5.74, 6) is 1.08. The Bertz CT molecular complexity index is 272. The Balaban J connectivity index is 2.12. The Morgan fingerprint density at radius 1 is 1.47 bits per heavy atom. The van der Waals surface area contributed by atoms with Crippen molar-refractivity contribution in [1.29, 1.82) is 0 Å². The highest BCUT2D eigenvalue weighted by molar-refractivity contribution is 7.91. The molecule has 0 aromatic heterocycles. The van der Waals surface area contributed by atoms with Crippen molar-refractivity contribution in [2.45, 2.75) is 25.8 Å². The molecule has 1 atom stereocenters. The molecule has 4 nitrogen and oxygen atoms in total. The maximum Gasteiger partial charge on any atom is 0.151 e. The summed E-state index contributed by atoms with van der Waals surface area (Å²) in [6.45, 7) is 3.12. The quantitative estimate of drug-likeness (QED) is 0.663. The lowest BCUT2D eigenvalue weighted by Gasteiger charge is -2.12. The Morgan fingerprint density at radius 3 is 2.67 bits per heavy atom. The first-order valence-electron chi connectivity index (χ1n) is 5.46. The minimum atomic E-state index is -2.83. The zero-order valence-corrected chi connectivity index (χ0v) is 10.3. The van der Waals surface area contributed by atoms with Gasteiger partial charge in [0.05, 0.1) is 18.1 Å². The van der Waals surface area contributed by atoms with Gasteiger partial charge in [0.25, 0.3) is 0 Å². The van der Waals surface area contributed by atoms with E-state index in [0.29, 0.717) is 24.8 Å². The van der Waals surface area contributed by atoms with Crippen LogP contribution in [0.5, 0.6) is 0 Å². The monoisotopic (exact) mass is 235 g/mol. The first-order valence-corrected chi connectivity index (χ1v) is 7.28. The Morgan fingerprint density at radius 2 is 2.13 bits per heavy atom. The van der Waals surface area contributed by atoms with Gasteiger partial charge in [0.15, 0.2) is 9.84 Å². The second-order valence-corrected chi connectivity index (χ2v) is 6.60. The molecule has 90 valence electrons. The average Bonchev–Trinajstić information content (AvgIpc) is 2.87. The van der Waals surface area contributed by atoms with Crippen LogP contribution in [0, 0.1) is 5.92 Å². The predicted octanol–water partition coefficient (Wildman–Crippen LogP) is 0.436. The summed E-state index contributed by atoms with van der Waals surface area (Å²) in [7, 11) is -1.19. The van der Waals surface area contributed by atoms with Crippen LogP contribution < -0.4 is 5.32 Å². The van der Waals surface area contributed by atoms with Gasteiger partial charge in [0.2, 0.25) is 0 Å². The lowest BCUT2D eigenvalue weighted by Crippen LogP contribution is -2.34. The fourth-order valence-corrected chi connectivity index (χ4v) is 3.14. The predicted molar refractivity (Wildman–Crippen MR) is 60.7 cm³/mol. The molecule has 1 saturated carbocycles. The van der Waals surface area contributed by atoms with Crippen LogP contribution in [0.3, 0.4) is 0 Å². The van der Waals surface area contributed by atoms with E-state index in [1.54, 1.807) is 7.11 Å². The van der Waals surface area contributed by atoms with E-state index in [1.165, 1.54) is 0 Å². The molecule has 0 aromatic rings. The van der Waals surface area contributed by atoms with Gasteiger partial charge in [0, 0.05) is 19.7 Å². The third-order valence-corrected chi connectivity index (χ3v) is 4.31. The number of hydrogen-bond acceptors (Lipinski definition) is 4. The molecule has 5 heteroatoms. The van der Waals surface area contributed by atoms with Gasteiger partial charge < -0.3 is 10.1 Å². The molecular formula is C10H21NO3S. The van der Waals surface area contributed by atoms with E-state index in [0.717, 1.165) is 12.8 Å². The number of sulfone groups is 1. The van der Waals surface area contributed by atoms with Gasteiger partial charge in [-0.05, 0) is 25.7 Å². The summed E-state index contributed by atoms with van der Waals surface area (Å²) < 4.78 is 28.0. The van der Waals surface area contributed by atoms with Crippen LogP contribution in [-0.2, 0) is 14.6 Å². The molecule has 1 N–H and O–H groups in total. The molecule has 0 heterocycles. The lowest BCUT2D eigenvalue weighted by atomic mass is 10.4. The number of nitrogens with one attached hydrogen (secondary N) is 1. The van der Waals surface area contributed by atoms with Crippen molar-refractivity contribution in [3.8, 4) is 0 Å². The third kappa shape index (κ3) is 6.12. The van der Waals surface area contributed by atoms with E-state index in [2.05, 4.69) is 5.32 Å². The molecule has 1 aliphatic rings. The highest BCUT2D eigenvalue weighted by Gasteiger charge is 2.27. The smallest absolute Gasteiger partial charge is 0.151 e. The van der Waals surface area contributed by atoms with Crippen molar-refractivity contribution in [3.63, 3.8) is 0 Å². The van der Waals surface area contributed by atoms with Crippen molar-refractivity contribution in [2.24, 2.45) is 5.92 Å². The van der Waals surface area contributed by atoms with Crippen LogP contribution >= 0.6 is 0 Å². The van der Waals surface area contributed by atoms with Crippen LogP contribution in [0.2, 0.25) is 0 Å². The van der Waals surface area contributed by atoms with Crippen molar-refractivity contribution in [2.75, 3.05) is 31.8 Å². The normalized spacial score (nSPS) is 19.1. The second kappa shape index (κ2) is 5.82. The fourth-order valence-electron chi connectivity index (χ4n) is 1.50. The van der Waals surface area contributed by atoms with E-state index in [-0.39, 0.29) is 11.8 Å². The van der Waals surface area contributed by atoms with Crippen LogP contribution in [0.15, 0.2) is 0 Å². The minimum absolute atomic E-state index is 0.214. The number of ether oxygens (including phenoxy) is 1. The Labute approximate surface area is 92.3 Å². The second-order valence-electron chi connectivity index (χ2n) is 4.37. The Kier molecular flexibility index (Phi) is 5.02.